The Morgan fingerprint density at radius 3 is 2.30 bits per heavy atom. The summed E-state index contributed by atoms with van der Waals surface area (Å²) in [6, 6.07) is 9.81. The summed E-state index contributed by atoms with van der Waals surface area (Å²) in [5.74, 6) is 1.50. The van der Waals surface area contributed by atoms with Gasteiger partial charge in [0, 0.05) is 30.6 Å². The summed E-state index contributed by atoms with van der Waals surface area (Å²) < 4.78 is 7.10. The number of hydrogen-bond acceptors (Lipinski definition) is 7. The topological polar surface area (TPSA) is 86.0 Å². The number of benzene rings is 1. The van der Waals surface area contributed by atoms with Crippen LogP contribution in [0, 0.1) is 11.8 Å². The molecule has 0 amide bonds. The lowest BCUT2D eigenvalue weighted by atomic mass is 9.76. The Labute approximate surface area is 237 Å². The van der Waals surface area contributed by atoms with Gasteiger partial charge in [-0.3, -0.25) is 14.5 Å². The molecule has 4 aliphatic rings. The predicted molar refractivity (Wildman–Crippen MR) is 155 cm³/mol. The van der Waals surface area contributed by atoms with Gasteiger partial charge in [0.05, 0.1) is 24.1 Å². The SMILES string of the molecule is CCOC(=O)CCC(=NOC)c1nc2ccccc2n(C2CC3CC[C@H](C2)N3C2CC3CCCCC(C3)C2)c1=O. The molecule has 4 bridgehead atoms. The molecule has 2 aliphatic carbocycles. The summed E-state index contributed by atoms with van der Waals surface area (Å²) >= 11 is 0. The first-order valence-electron chi connectivity index (χ1n) is 15.6. The standard InChI is InChI=1S/C32H44N4O4/c1-3-40-30(37)15-14-28(34-39-2)31-32(38)36(29-11-7-6-10-27(29)33-31)26-19-23-12-13-24(20-26)35(23)25-17-21-8-4-5-9-22(16-21)18-25/h6-7,10-11,21-26H,3-5,8-9,12-20H2,1-2H3/t21?,22?,23-,24?,25?,26?/m1/s1. The van der Waals surface area contributed by atoms with Crippen molar-refractivity contribution in [2.75, 3.05) is 13.7 Å². The lowest BCUT2D eigenvalue weighted by molar-refractivity contribution is -0.142. The van der Waals surface area contributed by atoms with Crippen LogP contribution in [0.4, 0.5) is 0 Å². The molecule has 2 aliphatic heterocycles. The maximum absolute atomic E-state index is 14.2. The summed E-state index contributed by atoms with van der Waals surface area (Å²) in [6.07, 6.45) is 14.7. The third kappa shape index (κ3) is 5.44. The zero-order valence-electron chi connectivity index (χ0n) is 24.1. The molecular formula is C32H44N4O4. The van der Waals surface area contributed by atoms with Gasteiger partial charge in [-0.1, -0.05) is 43.0 Å². The number of rotatable bonds is 8. The molecule has 3 heterocycles. The van der Waals surface area contributed by atoms with E-state index in [2.05, 4.69) is 10.1 Å². The minimum Gasteiger partial charge on any atom is -0.466 e. The van der Waals surface area contributed by atoms with Gasteiger partial charge in [-0.05, 0) is 75.8 Å². The number of aromatic nitrogens is 2. The highest BCUT2D eigenvalue weighted by Gasteiger charge is 2.47. The zero-order chi connectivity index (χ0) is 27.6. The second kappa shape index (κ2) is 12.0. The van der Waals surface area contributed by atoms with Crippen molar-refractivity contribution in [1.29, 1.82) is 0 Å². The van der Waals surface area contributed by atoms with Crippen molar-refractivity contribution < 1.29 is 14.4 Å². The van der Waals surface area contributed by atoms with Gasteiger partial charge in [0.15, 0.2) is 5.69 Å². The molecule has 0 spiro atoms. The van der Waals surface area contributed by atoms with Gasteiger partial charge in [-0.15, -0.1) is 0 Å². The van der Waals surface area contributed by atoms with Gasteiger partial charge >= 0.3 is 5.97 Å². The van der Waals surface area contributed by atoms with Gasteiger partial charge < -0.3 is 14.1 Å². The molecule has 4 unspecified atom stereocenters. The number of oxime groups is 1. The number of ether oxygens (including phenoxy) is 1. The van der Waals surface area contributed by atoms with Crippen molar-refractivity contribution in [3.8, 4) is 0 Å². The summed E-state index contributed by atoms with van der Waals surface area (Å²) in [5.41, 5.74) is 2.17. The maximum atomic E-state index is 14.2. The quantitative estimate of drug-likeness (QED) is 0.242. The fourth-order valence-corrected chi connectivity index (χ4v) is 8.58. The van der Waals surface area contributed by atoms with Crippen molar-refractivity contribution in [2.45, 2.75) is 115 Å². The molecule has 2 saturated heterocycles. The van der Waals surface area contributed by atoms with E-state index in [1.165, 1.54) is 64.9 Å². The number of piperidine rings is 1. The molecule has 6 rings (SSSR count). The van der Waals surface area contributed by atoms with Gasteiger partial charge in [-0.25, -0.2) is 4.98 Å². The summed E-state index contributed by atoms with van der Waals surface area (Å²) in [4.78, 5) is 39.1. The van der Waals surface area contributed by atoms with Crippen molar-refractivity contribution in [1.82, 2.24) is 14.5 Å². The fraction of sp³-hybridized carbons (Fsp3) is 0.688. The lowest BCUT2D eigenvalue weighted by Crippen LogP contribution is -2.52. The number of carbonyl (C=O) groups is 1. The first kappa shape index (κ1) is 27.4. The van der Waals surface area contributed by atoms with E-state index in [4.69, 9.17) is 14.6 Å². The molecule has 1 aromatic carbocycles. The molecule has 2 aromatic rings. The van der Waals surface area contributed by atoms with E-state index in [-0.39, 0.29) is 36.1 Å². The minimum absolute atomic E-state index is 0.118. The molecule has 4 fully saturated rings. The first-order chi connectivity index (χ1) is 19.6. The van der Waals surface area contributed by atoms with E-state index >= 15 is 0 Å². The Hall–Kier alpha value is -2.74. The monoisotopic (exact) mass is 548 g/mol. The Bertz CT molecular complexity index is 1280. The molecule has 8 heteroatoms. The van der Waals surface area contributed by atoms with E-state index < -0.39 is 0 Å². The van der Waals surface area contributed by atoms with E-state index in [9.17, 15) is 9.59 Å². The third-order valence-electron chi connectivity index (χ3n) is 10.0. The number of nitrogens with zero attached hydrogens (tertiary/aromatic N) is 4. The second-order valence-corrected chi connectivity index (χ2v) is 12.5. The van der Waals surface area contributed by atoms with Crippen LogP contribution < -0.4 is 5.56 Å². The molecule has 5 atom stereocenters. The highest BCUT2D eigenvalue weighted by molar-refractivity contribution is 6.00. The average Bonchev–Trinajstić information content (AvgIpc) is 3.10. The van der Waals surface area contributed by atoms with Gasteiger partial charge in [0.2, 0.25) is 0 Å². The summed E-state index contributed by atoms with van der Waals surface area (Å²) in [7, 11) is 1.46. The molecule has 40 heavy (non-hydrogen) atoms. The number of hydrogen-bond donors (Lipinski definition) is 0. The Morgan fingerprint density at radius 1 is 0.925 bits per heavy atom. The van der Waals surface area contributed by atoms with Crippen molar-refractivity contribution in [3.63, 3.8) is 0 Å². The van der Waals surface area contributed by atoms with Crippen LogP contribution in [0.2, 0.25) is 0 Å². The van der Waals surface area contributed by atoms with Crippen LogP contribution in [0.25, 0.3) is 11.0 Å². The minimum atomic E-state index is -0.320. The highest BCUT2D eigenvalue weighted by atomic mass is 16.6. The molecular weight excluding hydrogens is 504 g/mol. The van der Waals surface area contributed by atoms with E-state index in [1.807, 2.05) is 28.8 Å². The molecule has 8 nitrogen and oxygen atoms in total. The van der Waals surface area contributed by atoms with Crippen LogP contribution in [-0.4, -0.2) is 58.0 Å². The molecule has 1 aromatic heterocycles. The van der Waals surface area contributed by atoms with Crippen LogP contribution in [0.15, 0.2) is 34.2 Å². The van der Waals surface area contributed by atoms with Crippen LogP contribution in [-0.2, 0) is 14.4 Å². The van der Waals surface area contributed by atoms with Crippen LogP contribution >= 0.6 is 0 Å². The average molecular weight is 549 g/mol. The Balaban J connectivity index is 1.30. The summed E-state index contributed by atoms with van der Waals surface area (Å²) in [5, 5.41) is 4.16. The van der Waals surface area contributed by atoms with E-state index in [0.717, 1.165) is 35.7 Å². The van der Waals surface area contributed by atoms with Gasteiger partial charge in [0.1, 0.15) is 12.8 Å². The summed E-state index contributed by atoms with van der Waals surface area (Å²) in [6.45, 7) is 2.10. The lowest BCUT2D eigenvalue weighted by Gasteiger charge is -2.48. The fourth-order valence-electron chi connectivity index (χ4n) is 8.58. The second-order valence-electron chi connectivity index (χ2n) is 12.5. The van der Waals surface area contributed by atoms with Crippen molar-refractivity contribution in [3.05, 3.63) is 40.3 Å². The van der Waals surface area contributed by atoms with Crippen LogP contribution in [0.1, 0.15) is 102 Å². The largest absolute Gasteiger partial charge is 0.466 e. The van der Waals surface area contributed by atoms with Gasteiger partial charge in [0.25, 0.3) is 5.56 Å². The molecule has 216 valence electrons. The predicted octanol–water partition coefficient (Wildman–Crippen LogP) is 5.62. The van der Waals surface area contributed by atoms with Crippen LogP contribution in [0.5, 0.6) is 0 Å². The number of carbonyl (C=O) groups excluding carboxylic acids is 1. The molecule has 2 saturated carbocycles. The maximum Gasteiger partial charge on any atom is 0.306 e. The Kier molecular flexibility index (Phi) is 8.24. The zero-order valence-corrected chi connectivity index (χ0v) is 24.1. The number of esters is 1. The number of fused-ring (bicyclic) bond motifs is 5. The van der Waals surface area contributed by atoms with E-state index in [1.54, 1.807) is 6.92 Å². The molecule has 0 radical (unpaired) electrons. The first-order valence-corrected chi connectivity index (χ1v) is 15.6. The number of para-hydroxylation sites is 2. The van der Waals surface area contributed by atoms with Gasteiger partial charge in [-0.2, -0.15) is 0 Å². The van der Waals surface area contributed by atoms with Crippen LogP contribution in [0.3, 0.4) is 0 Å². The third-order valence-corrected chi connectivity index (χ3v) is 10.0. The van der Waals surface area contributed by atoms with Crippen molar-refractivity contribution >= 4 is 22.7 Å². The smallest absolute Gasteiger partial charge is 0.306 e. The van der Waals surface area contributed by atoms with Crippen molar-refractivity contribution in [2.24, 2.45) is 17.0 Å². The van der Waals surface area contributed by atoms with E-state index in [0.29, 0.717) is 30.4 Å². The molecule has 0 N–H and O–H groups in total. The normalized spacial score (nSPS) is 30.7. The Morgan fingerprint density at radius 2 is 1.62 bits per heavy atom. The highest BCUT2D eigenvalue weighted by Crippen LogP contribution is 2.48.